The molecule has 2 aromatic rings. The Labute approximate surface area is 115 Å². The van der Waals surface area contributed by atoms with Gasteiger partial charge in [0.2, 0.25) is 0 Å². The van der Waals surface area contributed by atoms with E-state index in [1.807, 2.05) is 13.8 Å². The van der Waals surface area contributed by atoms with E-state index in [9.17, 15) is 9.59 Å². The van der Waals surface area contributed by atoms with Crippen LogP contribution in [0.4, 0.5) is 0 Å². The maximum Gasteiger partial charge on any atom is 0.325 e. The molecular weight excluding hydrogens is 258 g/mol. The molecule has 0 bridgehead atoms. The quantitative estimate of drug-likeness (QED) is 0.883. The number of hydrogen-bond donors (Lipinski definition) is 2. The number of carbonyl (C=O) groups is 2. The fourth-order valence-electron chi connectivity index (χ4n) is 1.71. The molecule has 1 atom stereocenters. The first-order valence-electron chi connectivity index (χ1n) is 6.17. The van der Waals surface area contributed by atoms with Crippen molar-refractivity contribution in [2.45, 2.75) is 26.8 Å². The van der Waals surface area contributed by atoms with E-state index in [1.165, 1.54) is 6.92 Å². The van der Waals surface area contributed by atoms with E-state index in [-0.39, 0.29) is 0 Å². The fourth-order valence-corrected chi connectivity index (χ4v) is 1.71. The molecule has 0 aliphatic carbocycles. The molecule has 0 radical (unpaired) electrons. The summed E-state index contributed by atoms with van der Waals surface area (Å²) in [4.78, 5) is 31.4. The van der Waals surface area contributed by atoms with E-state index in [2.05, 4.69) is 15.3 Å². The second kappa shape index (κ2) is 5.24. The third-order valence-electron chi connectivity index (χ3n) is 3.06. The van der Waals surface area contributed by atoms with Gasteiger partial charge in [0.05, 0.1) is 22.4 Å². The van der Waals surface area contributed by atoms with Crippen LogP contribution in [0, 0.1) is 13.8 Å². The van der Waals surface area contributed by atoms with Gasteiger partial charge in [-0.05, 0) is 39.0 Å². The summed E-state index contributed by atoms with van der Waals surface area (Å²) in [6, 6.07) is 3.98. The van der Waals surface area contributed by atoms with Crippen molar-refractivity contribution in [1.82, 2.24) is 15.3 Å². The zero-order valence-corrected chi connectivity index (χ0v) is 11.5. The molecule has 1 amide bonds. The number of benzene rings is 1. The molecule has 1 heterocycles. The molecule has 1 aromatic carbocycles. The number of aryl methyl sites for hydroxylation is 2. The summed E-state index contributed by atoms with van der Waals surface area (Å²) in [6.45, 7) is 5.13. The van der Waals surface area contributed by atoms with Crippen molar-refractivity contribution in [2.75, 3.05) is 0 Å². The first kappa shape index (κ1) is 13.9. The van der Waals surface area contributed by atoms with Crippen LogP contribution >= 0.6 is 0 Å². The lowest BCUT2D eigenvalue weighted by Crippen LogP contribution is -2.38. The molecule has 2 rings (SSSR count). The minimum atomic E-state index is -1.08. The molecule has 0 saturated carbocycles. The van der Waals surface area contributed by atoms with Gasteiger partial charge in [0, 0.05) is 5.56 Å². The summed E-state index contributed by atoms with van der Waals surface area (Å²) in [6.07, 6.45) is 0. The Morgan fingerprint density at radius 2 is 1.75 bits per heavy atom. The SMILES string of the molecule is Cc1nc2ccc(C(=O)NC(C)C(=O)O)cc2nc1C. The van der Waals surface area contributed by atoms with Gasteiger partial charge >= 0.3 is 5.97 Å². The average molecular weight is 273 g/mol. The Morgan fingerprint density at radius 1 is 1.15 bits per heavy atom. The Hall–Kier alpha value is -2.50. The van der Waals surface area contributed by atoms with E-state index in [1.54, 1.807) is 18.2 Å². The first-order chi connectivity index (χ1) is 9.38. The molecule has 0 aliphatic rings. The largest absolute Gasteiger partial charge is 0.480 e. The van der Waals surface area contributed by atoms with Gasteiger partial charge < -0.3 is 10.4 Å². The standard InChI is InChI=1S/C14H15N3O3/c1-7-8(2)16-12-6-10(4-5-11(12)15-7)13(18)17-9(3)14(19)20/h4-6,9H,1-3H3,(H,17,18)(H,19,20). The lowest BCUT2D eigenvalue weighted by Gasteiger charge is -2.10. The topological polar surface area (TPSA) is 92.2 Å². The van der Waals surface area contributed by atoms with E-state index in [4.69, 9.17) is 5.11 Å². The number of hydrogen-bond acceptors (Lipinski definition) is 4. The molecule has 0 fully saturated rings. The van der Waals surface area contributed by atoms with E-state index in [0.29, 0.717) is 16.6 Å². The highest BCUT2D eigenvalue weighted by Crippen LogP contribution is 2.14. The molecular formula is C14H15N3O3. The number of carbonyl (C=O) groups excluding carboxylic acids is 1. The van der Waals surface area contributed by atoms with E-state index >= 15 is 0 Å². The molecule has 1 unspecified atom stereocenters. The Balaban J connectivity index is 2.34. The lowest BCUT2D eigenvalue weighted by atomic mass is 10.1. The van der Waals surface area contributed by atoms with Crippen LogP contribution in [0.3, 0.4) is 0 Å². The van der Waals surface area contributed by atoms with Gasteiger partial charge in [-0.3, -0.25) is 9.59 Å². The minimum Gasteiger partial charge on any atom is -0.480 e. The van der Waals surface area contributed by atoms with E-state index < -0.39 is 17.9 Å². The van der Waals surface area contributed by atoms with Gasteiger partial charge in [0.15, 0.2) is 0 Å². The summed E-state index contributed by atoms with van der Waals surface area (Å²) in [5, 5.41) is 11.2. The number of carboxylic acid groups (broad SMARTS) is 1. The number of nitrogens with one attached hydrogen (secondary N) is 1. The predicted molar refractivity (Wildman–Crippen MR) is 73.6 cm³/mol. The summed E-state index contributed by atoms with van der Waals surface area (Å²) in [5.41, 5.74) is 3.32. The highest BCUT2D eigenvalue weighted by molar-refractivity contribution is 5.99. The Kier molecular flexibility index (Phi) is 3.65. The van der Waals surface area contributed by atoms with Crippen molar-refractivity contribution in [3.63, 3.8) is 0 Å². The van der Waals surface area contributed by atoms with Crippen LogP contribution < -0.4 is 5.32 Å². The van der Waals surface area contributed by atoms with Crippen molar-refractivity contribution in [3.05, 3.63) is 35.2 Å². The second-order valence-corrected chi connectivity index (χ2v) is 4.63. The van der Waals surface area contributed by atoms with Gasteiger partial charge in [0.25, 0.3) is 5.91 Å². The normalized spacial score (nSPS) is 12.2. The molecule has 1 aromatic heterocycles. The van der Waals surface area contributed by atoms with Crippen molar-refractivity contribution in [2.24, 2.45) is 0 Å². The maximum absolute atomic E-state index is 11.9. The first-order valence-corrected chi connectivity index (χ1v) is 6.17. The molecule has 104 valence electrons. The van der Waals surface area contributed by atoms with Crippen LogP contribution in [0.2, 0.25) is 0 Å². The van der Waals surface area contributed by atoms with E-state index in [0.717, 1.165) is 11.4 Å². The van der Waals surface area contributed by atoms with Gasteiger partial charge in [-0.1, -0.05) is 0 Å². The van der Waals surface area contributed by atoms with Crippen molar-refractivity contribution in [1.29, 1.82) is 0 Å². The van der Waals surface area contributed by atoms with Gasteiger partial charge in [-0.2, -0.15) is 0 Å². The molecule has 2 N–H and O–H groups in total. The van der Waals surface area contributed by atoms with Crippen molar-refractivity contribution >= 4 is 22.9 Å². The van der Waals surface area contributed by atoms with Crippen molar-refractivity contribution in [3.8, 4) is 0 Å². The molecule has 6 nitrogen and oxygen atoms in total. The fraction of sp³-hybridized carbons (Fsp3) is 0.286. The number of fused-ring (bicyclic) bond motifs is 1. The van der Waals surface area contributed by atoms with Crippen LogP contribution in [-0.4, -0.2) is 33.0 Å². The van der Waals surface area contributed by atoms with Crippen LogP contribution in [0.5, 0.6) is 0 Å². The molecule has 0 saturated heterocycles. The number of rotatable bonds is 3. The van der Waals surface area contributed by atoms with Gasteiger partial charge in [0.1, 0.15) is 6.04 Å². The Morgan fingerprint density at radius 3 is 2.35 bits per heavy atom. The molecule has 0 aliphatic heterocycles. The molecule has 6 heteroatoms. The van der Waals surface area contributed by atoms with Crippen LogP contribution in [0.25, 0.3) is 11.0 Å². The van der Waals surface area contributed by atoms with Gasteiger partial charge in [-0.15, -0.1) is 0 Å². The highest BCUT2D eigenvalue weighted by Gasteiger charge is 2.15. The number of aliphatic carboxylic acids is 1. The zero-order valence-electron chi connectivity index (χ0n) is 11.5. The molecule has 20 heavy (non-hydrogen) atoms. The lowest BCUT2D eigenvalue weighted by molar-refractivity contribution is -0.138. The number of nitrogens with zero attached hydrogens (tertiary/aromatic N) is 2. The van der Waals surface area contributed by atoms with Crippen LogP contribution in [0.1, 0.15) is 28.7 Å². The monoisotopic (exact) mass is 273 g/mol. The highest BCUT2D eigenvalue weighted by atomic mass is 16.4. The maximum atomic E-state index is 11.9. The summed E-state index contributed by atoms with van der Waals surface area (Å²) < 4.78 is 0. The second-order valence-electron chi connectivity index (χ2n) is 4.63. The predicted octanol–water partition coefficient (Wildman–Crippen LogP) is 1.45. The van der Waals surface area contributed by atoms with Crippen LogP contribution in [-0.2, 0) is 4.79 Å². The molecule has 0 spiro atoms. The number of carboxylic acids is 1. The third-order valence-corrected chi connectivity index (χ3v) is 3.06. The zero-order chi connectivity index (χ0) is 14.9. The minimum absolute atomic E-state index is 0.364. The van der Waals surface area contributed by atoms with Crippen LogP contribution in [0.15, 0.2) is 18.2 Å². The summed E-state index contributed by atoms with van der Waals surface area (Å²) in [7, 11) is 0. The van der Waals surface area contributed by atoms with Crippen molar-refractivity contribution < 1.29 is 14.7 Å². The smallest absolute Gasteiger partial charge is 0.325 e. The third kappa shape index (κ3) is 2.74. The number of amides is 1. The summed E-state index contributed by atoms with van der Waals surface area (Å²) >= 11 is 0. The average Bonchev–Trinajstić information content (AvgIpc) is 2.39. The van der Waals surface area contributed by atoms with Gasteiger partial charge in [-0.25, -0.2) is 9.97 Å². The number of aromatic nitrogens is 2. The summed E-state index contributed by atoms with van der Waals surface area (Å²) in [5.74, 6) is -1.52. The Bertz CT molecular complexity index is 697.